The summed E-state index contributed by atoms with van der Waals surface area (Å²) in [7, 11) is 2.02. The van der Waals surface area contributed by atoms with Crippen LogP contribution in [0.3, 0.4) is 0 Å². The second kappa shape index (κ2) is 10.6. The SMILES string of the molecule is Cc1nc2c(Oc3cc(C(=N)N)ccc3N)nc(Oc3cccc(C4=NCCN4C)c3)nc2n1Cc1ccccc1. The van der Waals surface area contributed by atoms with Gasteiger partial charge in [-0.2, -0.15) is 9.97 Å². The molecule has 0 atom stereocenters. The van der Waals surface area contributed by atoms with Gasteiger partial charge in [0.25, 0.3) is 5.88 Å². The minimum Gasteiger partial charge on any atom is -0.435 e. The molecule has 3 aromatic carbocycles. The smallest absolute Gasteiger partial charge is 0.327 e. The number of imidazole rings is 1. The molecule has 1 aliphatic heterocycles. The average molecular weight is 548 g/mol. The minimum absolute atomic E-state index is 0.0851. The van der Waals surface area contributed by atoms with Gasteiger partial charge in [-0.15, -0.1) is 0 Å². The molecule has 11 heteroatoms. The Morgan fingerprint density at radius 2 is 1.80 bits per heavy atom. The number of aliphatic imine (C=N–C) groups is 1. The van der Waals surface area contributed by atoms with Gasteiger partial charge in [-0.3, -0.25) is 10.4 Å². The molecule has 0 fully saturated rings. The van der Waals surface area contributed by atoms with Gasteiger partial charge in [0.2, 0.25) is 0 Å². The van der Waals surface area contributed by atoms with E-state index in [2.05, 4.69) is 14.9 Å². The first kappa shape index (κ1) is 25.8. The monoisotopic (exact) mass is 547 g/mol. The lowest BCUT2D eigenvalue weighted by Crippen LogP contribution is -2.23. The summed E-state index contributed by atoms with van der Waals surface area (Å²) in [6.07, 6.45) is 0. The van der Waals surface area contributed by atoms with Crippen molar-refractivity contribution in [3.05, 3.63) is 95.3 Å². The fourth-order valence-electron chi connectivity index (χ4n) is 4.68. The number of likely N-dealkylation sites (N-methyl/N-ethyl adjacent to an activating group) is 1. The number of nitrogens with two attached hydrogens (primary N) is 2. The Hall–Kier alpha value is -5.45. The largest absolute Gasteiger partial charge is 0.435 e. The van der Waals surface area contributed by atoms with Gasteiger partial charge < -0.3 is 30.4 Å². The lowest BCUT2D eigenvalue weighted by Gasteiger charge is -2.15. The average Bonchev–Trinajstić information content (AvgIpc) is 3.53. The maximum atomic E-state index is 7.81. The van der Waals surface area contributed by atoms with Crippen LogP contribution >= 0.6 is 0 Å². The summed E-state index contributed by atoms with van der Waals surface area (Å²) in [5.41, 5.74) is 15.8. The molecule has 0 bridgehead atoms. The summed E-state index contributed by atoms with van der Waals surface area (Å²) in [6.45, 7) is 4.08. The number of aryl methyl sites for hydroxylation is 1. The van der Waals surface area contributed by atoms with E-state index in [1.54, 1.807) is 18.2 Å². The molecule has 5 aromatic rings. The Labute approximate surface area is 236 Å². The highest BCUT2D eigenvalue weighted by atomic mass is 16.5. The first-order valence-electron chi connectivity index (χ1n) is 13.1. The molecule has 41 heavy (non-hydrogen) atoms. The number of fused-ring (bicyclic) bond motifs is 1. The van der Waals surface area contributed by atoms with Crippen LogP contribution in [0.5, 0.6) is 23.4 Å². The standard InChI is InChI=1S/C30H29N9O2/c1-18-35-25-28(39(18)17-19-7-4-3-5-8-19)36-30(37-29(25)41-24-16-20(26(32)33)11-12-23(24)31)40-22-10-6-9-21(15-22)27-34-13-14-38(27)2/h3-12,15-16H,13-14,17,31H2,1-2H3,(H3,32,33). The summed E-state index contributed by atoms with van der Waals surface area (Å²) in [5.74, 6) is 2.56. The lowest BCUT2D eigenvalue weighted by molar-refractivity contribution is 0.416. The van der Waals surface area contributed by atoms with Crippen LogP contribution < -0.4 is 20.9 Å². The normalized spacial score (nSPS) is 12.9. The Morgan fingerprint density at radius 3 is 2.56 bits per heavy atom. The molecule has 1 aliphatic rings. The highest BCUT2D eigenvalue weighted by molar-refractivity contribution is 6.00. The predicted octanol–water partition coefficient (Wildman–Crippen LogP) is 4.33. The summed E-state index contributed by atoms with van der Waals surface area (Å²) >= 11 is 0. The van der Waals surface area contributed by atoms with E-state index in [4.69, 9.17) is 36.3 Å². The van der Waals surface area contributed by atoms with E-state index in [9.17, 15) is 0 Å². The van der Waals surface area contributed by atoms with Crippen LogP contribution in [0.15, 0.2) is 77.8 Å². The van der Waals surface area contributed by atoms with Crippen molar-refractivity contribution in [2.75, 3.05) is 25.9 Å². The number of amidine groups is 2. The van der Waals surface area contributed by atoms with Crippen LogP contribution in [-0.2, 0) is 6.54 Å². The van der Waals surface area contributed by atoms with Gasteiger partial charge in [-0.05, 0) is 42.8 Å². The van der Waals surface area contributed by atoms with Crippen LogP contribution in [0.1, 0.15) is 22.5 Å². The third-order valence-corrected chi connectivity index (χ3v) is 6.81. The Morgan fingerprint density at radius 1 is 0.976 bits per heavy atom. The fraction of sp³-hybridized carbons (Fsp3) is 0.167. The summed E-state index contributed by atoms with van der Waals surface area (Å²) < 4.78 is 14.4. The highest BCUT2D eigenvalue weighted by Gasteiger charge is 2.21. The zero-order chi connectivity index (χ0) is 28.5. The number of hydrogen-bond donors (Lipinski definition) is 3. The molecule has 0 amide bonds. The molecule has 206 valence electrons. The van der Waals surface area contributed by atoms with Crippen molar-refractivity contribution in [1.29, 1.82) is 5.41 Å². The Balaban J connectivity index is 1.44. The summed E-state index contributed by atoms with van der Waals surface area (Å²) in [4.78, 5) is 20.8. The highest BCUT2D eigenvalue weighted by Crippen LogP contribution is 2.34. The number of hydrogen-bond acceptors (Lipinski definition) is 9. The van der Waals surface area contributed by atoms with E-state index in [0.29, 0.717) is 40.5 Å². The van der Waals surface area contributed by atoms with Crippen LogP contribution in [0.2, 0.25) is 0 Å². The van der Waals surface area contributed by atoms with Crippen molar-refractivity contribution in [3.63, 3.8) is 0 Å². The molecule has 0 aliphatic carbocycles. The topological polar surface area (TPSA) is 154 Å². The van der Waals surface area contributed by atoms with Crippen LogP contribution in [-0.4, -0.2) is 56.2 Å². The Kier molecular flexibility index (Phi) is 6.68. The maximum Gasteiger partial charge on any atom is 0.327 e. The third-order valence-electron chi connectivity index (χ3n) is 6.81. The van der Waals surface area contributed by atoms with Crippen LogP contribution in [0.4, 0.5) is 5.69 Å². The molecule has 2 aromatic heterocycles. The molecule has 0 spiro atoms. The minimum atomic E-state index is -0.105. The molecule has 6 rings (SSSR count). The number of anilines is 1. The van der Waals surface area contributed by atoms with Gasteiger partial charge >= 0.3 is 6.01 Å². The maximum absolute atomic E-state index is 7.81. The number of nitrogens with zero attached hydrogens (tertiary/aromatic N) is 6. The number of aromatic nitrogens is 4. The van der Waals surface area contributed by atoms with Gasteiger partial charge in [0.15, 0.2) is 16.9 Å². The molecule has 0 radical (unpaired) electrons. The van der Waals surface area contributed by atoms with Crippen molar-refractivity contribution in [2.45, 2.75) is 13.5 Å². The summed E-state index contributed by atoms with van der Waals surface area (Å²) in [6, 6.07) is 22.7. The molecule has 11 nitrogen and oxygen atoms in total. The number of benzene rings is 3. The number of nitrogen functional groups attached to an aromatic ring is 2. The first-order chi connectivity index (χ1) is 19.9. The van der Waals surface area contributed by atoms with E-state index in [1.807, 2.05) is 73.1 Å². The predicted molar refractivity (Wildman–Crippen MR) is 158 cm³/mol. The summed E-state index contributed by atoms with van der Waals surface area (Å²) in [5, 5.41) is 7.81. The fourth-order valence-corrected chi connectivity index (χ4v) is 4.68. The van der Waals surface area contributed by atoms with E-state index in [0.717, 1.165) is 35.9 Å². The van der Waals surface area contributed by atoms with Gasteiger partial charge in [0, 0.05) is 24.7 Å². The van der Waals surface area contributed by atoms with Gasteiger partial charge in [-0.1, -0.05) is 42.5 Å². The van der Waals surface area contributed by atoms with Crippen LogP contribution in [0.25, 0.3) is 11.2 Å². The Bertz CT molecular complexity index is 1800. The molecule has 5 N–H and O–H groups in total. The van der Waals surface area contributed by atoms with Crippen molar-refractivity contribution in [2.24, 2.45) is 10.7 Å². The lowest BCUT2D eigenvalue weighted by atomic mass is 10.2. The van der Waals surface area contributed by atoms with Crippen molar-refractivity contribution in [1.82, 2.24) is 24.4 Å². The number of ether oxygens (including phenoxy) is 2. The molecule has 3 heterocycles. The van der Waals surface area contributed by atoms with Crippen molar-refractivity contribution in [3.8, 4) is 23.4 Å². The molecule has 0 unspecified atom stereocenters. The molecule has 0 saturated carbocycles. The van der Waals surface area contributed by atoms with Crippen molar-refractivity contribution < 1.29 is 9.47 Å². The van der Waals surface area contributed by atoms with Gasteiger partial charge in [0.05, 0.1) is 18.8 Å². The quantitative estimate of drug-likeness (QED) is 0.147. The van der Waals surface area contributed by atoms with E-state index in [1.165, 1.54) is 0 Å². The zero-order valence-electron chi connectivity index (χ0n) is 22.7. The van der Waals surface area contributed by atoms with E-state index >= 15 is 0 Å². The number of nitrogens with one attached hydrogen (secondary N) is 1. The second-order valence-electron chi connectivity index (χ2n) is 9.74. The second-order valence-corrected chi connectivity index (χ2v) is 9.74. The first-order valence-corrected chi connectivity index (χ1v) is 13.1. The van der Waals surface area contributed by atoms with Crippen LogP contribution in [0, 0.1) is 12.3 Å². The number of rotatable bonds is 8. The molecular formula is C30H29N9O2. The zero-order valence-corrected chi connectivity index (χ0v) is 22.7. The van der Waals surface area contributed by atoms with E-state index in [-0.39, 0.29) is 17.7 Å². The van der Waals surface area contributed by atoms with Crippen molar-refractivity contribution >= 4 is 28.5 Å². The third kappa shape index (κ3) is 5.24. The molecular weight excluding hydrogens is 518 g/mol. The van der Waals surface area contributed by atoms with E-state index < -0.39 is 0 Å². The van der Waals surface area contributed by atoms with Gasteiger partial charge in [-0.25, -0.2) is 4.98 Å². The molecule has 0 saturated heterocycles. The van der Waals surface area contributed by atoms with Gasteiger partial charge in [0.1, 0.15) is 23.2 Å².